The highest BCUT2D eigenvalue weighted by Gasteiger charge is 2.28. The Bertz CT molecular complexity index is 1500. The van der Waals surface area contributed by atoms with Crippen molar-refractivity contribution in [3.63, 3.8) is 0 Å². The van der Waals surface area contributed by atoms with Crippen LogP contribution in [0.2, 0.25) is 0 Å². The van der Waals surface area contributed by atoms with Gasteiger partial charge in [-0.15, -0.1) is 0 Å². The van der Waals surface area contributed by atoms with Gasteiger partial charge in [0.25, 0.3) is 0 Å². The van der Waals surface area contributed by atoms with Gasteiger partial charge >= 0.3 is 0 Å². The molecule has 34 heavy (non-hydrogen) atoms. The molecule has 7 nitrogen and oxygen atoms in total. The minimum absolute atomic E-state index is 0.144. The molecular weight excluding hydrogens is 450 g/mol. The minimum Gasteiger partial charge on any atom is -0.323 e. The zero-order chi connectivity index (χ0) is 23.7. The van der Waals surface area contributed by atoms with E-state index in [9.17, 15) is 18.0 Å². The second-order valence-corrected chi connectivity index (χ2v) is 9.75. The second kappa shape index (κ2) is 8.64. The molecule has 2 N–H and O–H groups in total. The first-order chi connectivity index (χ1) is 16.4. The first kappa shape index (κ1) is 21.7. The molecule has 1 heterocycles. The molecule has 5 rings (SSSR count). The molecule has 0 atom stereocenters. The summed E-state index contributed by atoms with van der Waals surface area (Å²) in [6, 6.07) is 26.8. The molecule has 0 fully saturated rings. The number of rotatable bonds is 5. The van der Waals surface area contributed by atoms with Crippen LogP contribution in [0.5, 0.6) is 0 Å². The zero-order valence-corrected chi connectivity index (χ0v) is 18.9. The first-order valence-corrected chi connectivity index (χ1v) is 12.3. The Kier molecular flexibility index (Phi) is 5.51. The highest BCUT2D eigenvalue weighted by Crippen LogP contribution is 2.40. The summed E-state index contributed by atoms with van der Waals surface area (Å²) >= 11 is 0. The van der Waals surface area contributed by atoms with E-state index in [-0.39, 0.29) is 24.0 Å². The van der Waals surface area contributed by atoms with Crippen LogP contribution in [0, 0.1) is 0 Å². The number of anilines is 4. The summed E-state index contributed by atoms with van der Waals surface area (Å²) in [5.74, 6) is -0.895. The fraction of sp³-hybridized carbons (Fsp3) is 0.0769. The largest absolute Gasteiger partial charge is 0.323 e. The van der Waals surface area contributed by atoms with Gasteiger partial charge < -0.3 is 5.32 Å². The van der Waals surface area contributed by atoms with Crippen LogP contribution in [0.1, 0.15) is 12.0 Å². The Morgan fingerprint density at radius 2 is 1.53 bits per heavy atom. The Hall–Kier alpha value is -4.17. The lowest BCUT2D eigenvalue weighted by molar-refractivity contribution is -0.124. The van der Waals surface area contributed by atoms with Crippen molar-refractivity contribution in [3.05, 3.63) is 96.6 Å². The number of sulfonamides is 1. The van der Waals surface area contributed by atoms with E-state index >= 15 is 0 Å². The van der Waals surface area contributed by atoms with Crippen LogP contribution >= 0.6 is 0 Å². The van der Waals surface area contributed by atoms with Crippen LogP contribution < -0.4 is 14.9 Å². The van der Waals surface area contributed by atoms with Gasteiger partial charge in [0.05, 0.1) is 17.1 Å². The number of hydrogen-bond acceptors (Lipinski definition) is 4. The van der Waals surface area contributed by atoms with Gasteiger partial charge in [0, 0.05) is 16.8 Å². The van der Waals surface area contributed by atoms with Gasteiger partial charge in [-0.05, 0) is 41.3 Å². The van der Waals surface area contributed by atoms with Crippen LogP contribution in [0.4, 0.5) is 22.7 Å². The van der Waals surface area contributed by atoms with Crippen molar-refractivity contribution in [3.8, 4) is 0 Å². The standard InChI is InChI=1S/C26H21N3O4S/c30-24-16-25(31)29(23-15-10-19-8-4-5-9-22(19)26(23)27-24)21-13-11-20(12-14-21)28-34(32,33)17-18-6-2-1-3-7-18/h1-15,28H,16-17H2,(H,27,30). The molecule has 0 saturated heterocycles. The molecular formula is C26H21N3O4S. The Morgan fingerprint density at radius 1 is 0.824 bits per heavy atom. The number of nitrogens with one attached hydrogen (secondary N) is 2. The van der Waals surface area contributed by atoms with Crippen molar-refractivity contribution in [1.82, 2.24) is 0 Å². The lowest BCUT2D eigenvalue weighted by Crippen LogP contribution is -2.26. The fourth-order valence-electron chi connectivity index (χ4n) is 4.08. The molecule has 0 aromatic heterocycles. The number of carbonyl (C=O) groups excluding carboxylic acids is 2. The number of fused-ring (bicyclic) bond motifs is 3. The van der Waals surface area contributed by atoms with E-state index < -0.39 is 10.0 Å². The number of nitrogens with zero attached hydrogens (tertiary/aromatic N) is 1. The number of amides is 2. The molecule has 0 radical (unpaired) electrons. The predicted molar refractivity (Wildman–Crippen MR) is 133 cm³/mol. The molecule has 0 bridgehead atoms. The third-order valence-electron chi connectivity index (χ3n) is 5.57. The zero-order valence-electron chi connectivity index (χ0n) is 18.1. The van der Waals surface area contributed by atoms with Gasteiger partial charge in [0.1, 0.15) is 6.42 Å². The Labute approximate surface area is 197 Å². The maximum Gasteiger partial charge on any atom is 0.241 e. The summed E-state index contributed by atoms with van der Waals surface area (Å²) in [7, 11) is -3.61. The van der Waals surface area contributed by atoms with Crippen LogP contribution in [-0.2, 0) is 25.4 Å². The molecule has 170 valence electrons. The summed E-state index contributed by atoms with van der Waals surface area (Å²) in [5, 5.41) is 4.64. The summed E-state index contributed by atoms with van der Waals surface area (Å²) in [4.78, 5) is 26.9. The summed E-state index contributed by atoms with van der Waals surface area (Å²) in [6.07, 6.45) is -0.297. The van der Waals surface area contributed by atoms with Crippen LogP contribution in [0.25, 0.3) is 10.8 Å². The monoisotopic (exact) mass is 471 g/mol. The molecule has 1 aliphatic heterocycles. The lowest BCUT2D eigenvalue weighted by atomic mass is 10.1. The smallest absolute Gasteiger partial charge is 0.241 e. The molecule has 4 aromatic carbocycles. The maximum atomic E-state index is 13.0. The molecule has 0 spiro atoms. The lowest BCUT2D eigenvalue weighted by Gasteiger charge is -2.23. The van der Waals surface area contributed by atoms with E-state index in [1.165, 1.54) is 4.90 Å². The Balaban J connectivity index is 1.46. The average molecular weight is 472 g/mol. The summed E-state index contributed by atoms with van der Waals surface area (Å²) in [5.41, 5.74) is 2.73. The van der Waals surface area contributed by atoms with Gasteiger partial charge in [0.2, 0.25) is 21.8 Å². The normalized spacial score (nSPS) is 13.8. The Morgan fingerprint density at radius 3 is 2.29 bits per heavy atom. The fourth-order valence-corrected chi connectivity index (χ4v) is 5.28. The van der Waals surface area contributed by atoms with Crippen molar-refractivity contribution in [2.75, 3.05) is 14.9 Å². The second-order valence-electron chi connectivity index (χ2n) is 8.03. The van der Waals surface area contributed by atoms with E-state index in [2.05, 4.69) is 10.0 Å². The highest BCUT2D eigenvalue weighted by atomic mass is 32.2. The van der Waals surface area contributed by atoms with Crippen molar-refractivity contribution >= 4 is 55.4 Å². The molecule has 0 unspecified atom stereocenters. The topological polar surface area (TPSA) is 95.6 Å². The molecule has 8 heteroatoms. The molecule has 0 saturated carbocycles. The summed E-state index contributed by atoms with van der Waals surface area (Å²) in [6.45, 7) is 0. The van der Waals surface area contributed by atoms with E-state index in [0.717, 1.165) is 10.8 Å². The predicted octanol–water partition coefficient (Wildman–Crippen LogP) is 4.79. The quantitative estimate of drug-likeness (QED) is 0.409. The van der Waals surface area contributed by atoms with Crippen molar-refractivity contribution in [2.45, 2.75) is 12.2 Å². The van der Waals surface area contributed by atoms with Gasteiger partial charge in [-0.25, -0.2) is 8.42 Å². The van der Waals surface area contributed by atoms with Gasteiger partial charge in [0.15, 0.2) is 0 Å². The number of hydrogen-bond donors (Lipinski definition) is 2. The molecule has 2 amide bonds. The number of benzene rings is 4. The SMILES string of the molecule is O=C1CC(=O)N(c2ccc(NS(=O)(=O)Cc3ccccc3)cc2)c2ccc3ccccc3c2N1. The molecule has 1 aliphatic rings. The molecule has 4 aromatic rings. The average Bonchev–Trinajstić information content (AvgIpc) is 2.94. The van der Waals surface area contributed by atoms with Crippen LogP contribution in [-0.4, -0.2) is 20.2 Å². The van der Waals surface area contributed by atoms with Gasteiger partial charge in [-0.2, -0.15) is 0 Å². The van der Waals surface area contributed by atoms with E-state index in [0.29, 0.717) is 28.3 Å². The van der Waals surface area contributed by atoms with Crippen molar-refractivity contribution in [2.24, 2.45) is 0 Å². The van der Waals surface area contributed by atoms with E-state index in [4.69, 9.17) is 0 Å². The van der Waals surface area contributed by atoms with E-state index in [1.807, 2.05) is 36.4 Å². The summed E-state index contributed by atoms with van der Waals surface area (Å²) < 4.78 is 27.7. The van der Waals surface area contributed by atoms with Crippen molar-refractivity contribution < 1.29 is 18.0 Å². The third kappa shape index (κ3) is 4.35. The van der Waals surface area contributed by atoms with Crippen molar-refractivity contribution in [1.29, 1.82) is 0 Å². The minimum atomic E-state index is -3.61. The third-order valence-corrected chi connectivity index (χ3v) is 6.83. The van der Waals surface area contributed by atoms with E-state index in [1.54, 1.807) is 54.6 Å². The van der Waals surface area contributed by atoms with Gasteiger partial charge in [-0.1, -0.05) is 60.7 Å². The molecule has 0 aliphatic carbocycles. The highest BCUT2D eigenvalue weighted by molar-refractivity contribution is 7.91. The van der Waals surface area contributed by atoms with Gasteiger partial charge in [-0.3, -0.25) is 19.2 Å². The first-order valence-electron chi connectivity index (χ1n) is 10.7. The number of carbonyl (C=O) groups is 2. The maximum absolute atomic E-state index is 13.0. The van der Waals surface area contributed by atoms with Crippen LogP contribution in [0.15, 0.2) is 91.0 Å². The van der Waals surface area contributed by atoms with Crippen LogP contribution in [0.3, 0.4) is 0 Å².